The summed E-state index contributed by atoms with van der Waals surface area (Å²) in [4.78, 5) is 39.7. The van der Waals surface area contributed by atoms with E-state index < -0.39 is 23.9 Å². The predicted octanol–water partition coefficient (Wildman–Crippen LogP) is 2.66. The van der Waals surface area contributed by atoms with Crippen LogP contribution in [0.3, 0.4) is 0 Å². The van der Waals surface area contributed by atoms with Gasteiger partial charge in [-0.15, -0.1) is 0 Å². The van der Waals surface area contributed by atoms with Crippen LogP contribution in [-0.2, 0) is 19.1 Å². The molecule has 1 heterocycles. The van der Waals surface area contributed by atoms with Gasteiger partial charge in [0.15, 0.2) is 0 Å². The maximum absolute atomic E-state index is 13.3. The first-order valence-corrected chi connectivity index (χ1v) is 9.64. The summed E-state index contributed by atoms with van der Waals surface area (Å²) in [7, 11) is 4.15. The van der Waals surface area contributed by atoms with Crippen LogP contribution in [0.2, 0.25) is 0 Å². The Hall–Kier alpha value is -3.35. The molecule has 7 heteroatoms. The molecule has 30 heavy (non-hydrogen) atoms. The number of benzene rings is 2. The summed E-state index contributed by atoms with van der Waals surface area (Å²) in [5.41, 5.74) is 1.34. The molecule has 0 spiro atoms. The zero-order chi connectivity index (χ0) is 21.7. The molecule has 0 N–H and O–H groups in total. The fourth-order valence-corrected chi connectivity index (χ4v) is 4.05. The third-order valence-corrected chi connectivity index (χ3v) is 5.53. The summed E-state index contributed by atoms with van der Waals surface area (Å²) < 4.78 is 15.2. The molecule has 7 nitrogen and oxygen atoms in total. The van der Waals surface area contributed by atoms with Gasteiger partial charge in [-0.05, 0) is 29.8 Å². The van der Waals surface area contributed by atoms with E-state index in [2.05, 4.69) is 0 Å². The first-order chi connectivity index (χ1) is 14.5. The third kappa shape index (κ3) is 4.30. The quantitative estimate of drug-likeness (QED) is 0.680. The minimum atomic E-state index is -0.905. The van der Waals surface area contributed by atoms with Crippen molar-refractivity contribution in [1.82, 2.24) is 4.90 Å². The molecule has 0 radical (unpaired) electrons. The maximum atomic E-state index is 13.3. The Bertz CT molecular complexity index is 913. The Morgan fingerprint density at radius 3 is 2.33 bits per heavy atom. The standard InChI is InChI=1S/C23H25NO6/c1-28-17-11-7-10-16(12-17)19-14-24(22(26)15-8-5-4-6-9-15)21(23(27)30-3)18(19)13-20(25)29-2/h4-12,18-19,21H,13-14H2,1-3H3/t18-,19-,21-/m0/s1. The summed E-state index contributed by atoms with van der Waals surface area (Å²) in [5.74, 6) is -1.40. The summed E-state index contributed by atoms with van der Waals surface area (Å²) in [6.07, 6.45) is -0.0172. The lowest BCUT2D eigenvalue weighted by Gasteiger charge is -2.26. The van der Waals surface area contributed by atoms with Crippen molar-refractivity contribution in [2.75, 3.05) is 27.9 Å². The van der Waals surface area contributed by atoms with Crippen LogP contribution >= 0.6 is 0 Å². The van der Waals surface area contributed by atoms with E-state index in [4.69, 9.17) is 14.2 Å². The second-order valence-electron chi connectivity index (χ2n) is 7.12. The lowest BCUT2D eigenvalue weighted by molar-refractivity contribution is -0.148. The summed E-state index contributed by atoms with van der Waals surface area (Å²) in [6, 6.07) is 15.3. The molecular weight excluding hydrogens is 386 g/mol. The Morgan fingerprint density at radius 1 is 0.967 bits per heavy atom. The molecule has 1 saturated heterocycles. The second-order valence-corrected chi connectivity index (χ2v) is 7.12. The van der Waals surface area contributed by atoms with Crippen LogP contribution in [0.4, 0.5) is 0 Å². The molecule has 3 atom stereocenters. The highest BCUT2D eigenvalue weighted by molar-refractivity contribution is 5.97. The van der Waals surface area contributed by atoms with Gasteiger partial charge in [0.05, 0.1) is 27.8 Å². The van der Waals surface area contributed by atoms with Crippen molar-refractivity contribution in [1.29, 1.82) is 0 Å². The van der Waals surface area contributed by atoms with Crippen molar-refractivity contribution in [3.63, 3.8) is 0 Å². The van der Waals surface area contributed by atoms with E-state index >= 15 is 0 Å². The molecular formula is C23H25NO6. The average molecular weight is 411 g/mol. The maximum Gasteiger partial charge on any atom is 0.328 e. The fraction of sp³-hybridized carbons (Fsp3) is 0.348. The number of methoxy groups -OCH3 is 3. The molecule has 2 aromatic rings. The van der Waals surface area contributed by atoms with Gasteiger partial charge in [0, 0.05) is 23.9 Å². The first kappa shape index (κ1) is 21.4. The van der Waals surface area contributed by atoms with Crippen LogP contribution in [0.5, 0.6) is 5.75 Å². The number of hydrogen-bond acceptors (Lipinski definition) is 6. The Morgan fingerprint density at radius 2 is 1.70 bits per heavy atom. The van der Waals surface area contributed by atoms with Gasteiger partial charge in [-0.2, -0.15) is 0 Å². The highest BCUT2D eigenvalue weighted by atomic mass is 16.5. The van der Waals surface area contributed by atoms with Gasteiger partial charge in [-0.25, -0.2) is 4.79 Å². The van der Waals surface area contributed by atoms with Crippen molar-refractivity contribution >= 4 is 17.8 Å². The molecule has 1 amide bonds. The molecule has 1 fully saturated rings. The van der Waals surface area contributed by atoms with Gasteiger partial charge < -0.3 is 19.1 Å². The highest BCUT2D eigenvalue weighted by Gasteiger charge is 2.49. The van der Waals surface area contributed by atoms with Crippen molar-refractivity contribution in [2.24, 2.45) is 5.92 Å². The number of likely N-dealkylation sites (tertiary alicyclic amines) is 1. The number of esters is 2. The Balaban J connectivity index is 2.05. The zero-order valence-electron chi connectivity index (χ0n) is 17.2. The van der Waals surface area contributed by atoms with Gasteiger partial charge in [-0.1, -0.05) is 30.3 Å². The van der Waals surface area contributed by atoms with E-state index in [0.29, 0.717) is 11.3 Å². The van der Waals surface area contributed by atoms with E-state index in [1.807, 2.05) is 30.3 Å². The van der Waals surface area contributed by atoms with Crippen LogP contribution in [0.1, 0.15) is 28.3 Å². The van der Waals surface area contributed by atoms with Crippen LogP contribution in [0, 0.1) is 5.92 Å². The van der Waals surface area contributed by atoms with Gasteiger partial charge in [0.2, 0.25) is 0 Å². The average Bonchev–Trinajstić information content (AvgIpc) is 3.17. The van der Waals surface area contributed by atoms with Gasteiger partial charge >= 0.3 is 11.9 Å². The highest BCUT2D eigenvalue weighted by Crippen LogP contribution is 2.41. The van der Waals surface area contributed by atoms with E-state index in [1.165, 1.54) is 19.1 Å². The largest absolute Gasteiger partial charge is 0.497 e. The Kier molecular flexibility index (Phi) is 6.72. The van der Waals surface area contributed by atoms with Crippen LogP contribution in [0.25, 0.3) is 0 Å². The topological polar surface area (TPSA) is 82.1 Å². The van der Waals surface area contributed by atoms with Crippen LogP contribution in [-0.4, -0.2) is 56.7 Å². The molecule has 1 aliphatic heterocycles. The van der Waals surface area contributed by atoms with Crippen molar-refractivity contribution in [3.8, 4) is 5.75 Å². The Labute approximate surface area is 175 Å². The molecule has 0 saturated carbocycles. The minimum Gasteiger partial charge on any atom is -0.497 e. The van der Waals surface area contributed by atoms with Gasteiger partial charge in [0.1, 0.15) is 11.8 Å². The van der Waals surface area contributed by atoms with E-state index in [1.54, 1.807) is 31.4 Å². The number of ether oxygens (including phenoxy) is 3. The molecule has 2 aromatic carbocycles. The number of hydrogen-bond donors (Lipinski definition) is 0. The molecule has 0 bridgehead atoms. The molecule has 3 rings (SSSR count). The van der Waals surface area contributed by atoms with Crippen molar-refractivity contribution < 1.29 is 28.6 Å². The fourth-order valence-electron chi connectivity index (χ4n) is 4.05. The third-order valence-electron chi connectivity index (χ3n) is 5.53. The van der Waals surface area contributed by atoms with Crippen molar-refractivity contribution in [3.05, 3.63) is 65.7 Å². The molecule has 158 valence electrons. The van der Waals surface area contributed by atoms with Crippen molar-refractivity contribution in [2.45, 2.75) is 18.4 Å². The smallest absolute Gasteiger partial charge is 0.328 e. The molecule has 0 aliphatic carbocycles. The SMILES string of the molecule is COC(=O)C[C@@H]1[C@@H](C(=O)OC)N(C(=O)c2ccccc2)C[C@H]1c1cccc(OC)c1. The zero-order valence-corrected chi connectivity index (χ0v) is 17.2. The van der Waals surface area contributed by atoms with E-state index in [-0.39, 0.29) is 24.8 Å². The van der Waals surface area contributed by atoms with E-state index in [9.17, 15) is 14.4 Å². The molecule has 0 aromatic heterocycles. The van der Waals surface area contributed by atoms with E-state index in [0.717, 1.165) is 5.56 Å². The summed E-state index contributed by atoms with van der Waals surface area (Å²) in [6.45, 7) is 0.266. The summed E-state index contributed by atoms with van der Waals surface area (Å²) in [5, 5.41) is 0. The number of amides is 1. The number of carbonyl (C=O) groups is 3. The van der Waals surface area contributed by atoms with Gasteiger partial charge in [-0.3, -0.25) is 9.59 Å². The molecule has 0 unspecified atom stereocenters. The lowest BCUT2D eigenvalue weighted by atomic mass is 9.83. The number of rotatable bonds is 6. The number of carbonyl (C=O) groups excluding carboxylic acids is 3. The predicted molar refractivity (Wildman–Crippen MR) is 109 cm³/mol. The lowest BCUT2D eigenvalue weighted by Crippen LogP contribution is -2.44. The second kappa shape index (κ2) is 9.43. The monoisotopic (exact) mass is 411 g/mol. The first-order valence-electron chi connectivity index (χ1n) is 9.64. The van der Waals surface area contributed by atoms with Crippen LogP contribution in [0.15, 0.2) is 54.6 Å². The molecule has 1 aliphatic rings. The van der Waals surface area contributed by atoms with Crippen LogP contribution < -0.4 is 4.74 Å². The normalized spacial score (nSPS) is 20.5. The summed E-state index contributed by atoms with van der Waals surface area (Å²) >= 11 is 0. The number of nitrogens with zero attached hydrogens (tertiary/aromatic N) is 1. The minimum absolute atomic E-state index is 0.0172. The van der Waals surface area contributed by atoms with Gasteiger partial charge in [0.25, 0.3) is 5.91 Å².